The fourth-order valence-electron chi connectivity index (χ4n) is 1.82. The van der Waals surface area contributed by atoms with E-state index in [4.69, 9.17) is 4.74 Å². The molecule has 0 bridgehead atoms. The predicted molar refractivity (Wildman–Crippen MR) is 76.7 cm³/mol. The second-order valence-corrected chi connectivity index (χ2v) is 4.22. The highest BCUT2D eigenvalue weighted by Gasteiger charge is 2.10. The molecule has 0 heterocycles. The number of para-hydroxylation sites is 2. The molecule has 2 aromatic carbocycles. The van der Waals surface area contributed by atoms with Gasteiger partial charge in [0.15, 0.2) is 0 Å². The third-order valence-corrected chi connectivity index (χ3v) is 2.79. The van der Waals surface area contributed by atoms with Crippen molar-refractivity contribution >= 4 is 5.69 Å². The fraction of sp³-hybridized carbons (Fsp3) is 0.200. The number of hydrogen-bond acceptors (Lipinski definition) is 4. The molecule has 5 nitrogen and oxygen atoms in total. The molecule has 0 unspecified atom stereocenters. The van der Waals surface area contributed by atoms with E-state index >= 15 is 0 Å². The second-order valence-electron chi connectivity index (χ2n) is 4.22. The van der Waals surface area contributed by atoms with Gasteiger partial charge in [-0.2, -0.15) is 0 Å². The molecule has 0 aromatic heterocycles. The maximum Gasteiger partial charge on any atom is 0.273 e. The van der Waals surface area contributed by atoms with Crippen molar-refractivity contribution in [2.75, 3.05) is 13.2 Å². The van der Waals surface area contributed by atoms with Gasteiger partial charge < -0.3 is 10.1 Å². The van der Waals surface area contributed by atoms with E-state index in [1.54, 1.807) is 18.2 Å². The molecule has 104 valence electrons. The minimum atomic E-state index is -0.364. The lowest BCUT2D eigenvalue weighted by Crippen LogP contribution is -2.21. The molecule has 0 fully saturated rings. The Morgan fingerprint density at radius 1 is 1.05 bits per heavy atom. The van der Waals surface area contributed by atoms with Crippen molar-refractivity contribution in [2.45, 2.75) is 6.54 Å². The van der Waals surface area contributed by atoms with Crippen LogP contribution in [0.4, 0.5) is 5.69 Å². The van der Waals surface area contributed by atoms with Gasteiger partial charge in [-0.25, -0.2) is 0 Å². The number of nitrogens with zero attached hydrogens (tertiary/aromatic N) is 1. The standard InChI is InChI=1S/C15H16N2O3/c18-17(19)15-9-5-4-6-13(15)12-16-10-11-20-14-7-2-1-3-8-14/h1-9,16H,10-12H2. The molecule has 0 saturated carbocycles. The quantitative estimate of drug-likeness (QED) is 0.478. The largest absolute Gasteiger partial charge is 0.492 e. The lowest BCUT2D eigenvalue weighted by molar-refractivity contribution is -0.385. The first-order chi connectivity index (χ1) is 9.77. The molecule has 0 spiro atoms. The number of hydrogen-bond donors (Lipinski definition) is 1. The minimum Gasteiger partial charge on any atom is -0.492 e. The van der Waals surface area contributed by atoms with Gasteiger partial charge in [0.1, 0.15) is 12.4 Å². The lowest BCUT2D eigenvalue weighted by Gasteiger charge is -2.07. The second kappa shape index (κ2) is 7.25. The molecule has 0 aliphatic heterocycles. The van der Waals surface area contributed by atoms with E-state index in [-0.39, 0.29) is 10.6 Å². The Kier molecular flexibility index (Phi) is 5.08. The summed E-state index contributed by atoms with van der Waals surface area (Å²) < 4.78 is 5.53. The van der Waals surface area contributed by atoms with Crippen molar-refractivity contribution in [3.05, 3.63) is 70.3 Å². The van der Waals surface area contributed by atoms with E-state index in [0.29, 0.717) is 25.3 Å². The minimum absolute atomic E-state index is 0.143. The van der Waals surface area contributed by atoms with Gasteiger partial charge in [-0.1, -0.05) is 36.4 Å². The maximum absolute atomic E-state index is 10.8. The molecule has 0 aliphatic carbocycles. The van der Waals surface area contributed by atoms with Crippen molar-refractivity contribution in [1.29, 1.82) is 0 Å². The number of benzene rings is 2. The molecule has 0 radical (unpaired) electrons. The number of nitro groups is 1. The van der Waals surface area contributed by atoms with Crippen LogP contribution in [0.3, 0.4) is 0 Å². The van der Waals surface area contributed by atoms with Gasteiger partial charge in [0.05, 0.1) is 4.92 Å². The van der Waals surface area contributed by atoms with E-state index in [2.05, 4.69) is 5.32 Å². The Morgan fingerprint density at radius 3 is 2.50 bits per heavy atom. The zero-order valence-corrected chi connectivity index (χ0v) is 11.0. The Hall–Kier alpha value is -2.40. The zero-order chi connectivity index (χ0) is 14.2. The average Bonchev–Trinajstić information content (AvgIpc) is 2.48. The van der Waals surface area contributed by atoms with Crippen LogP contribution in [0.2, 0.25) is 0 Å². The van der Waals surface area contributed by atoms with Crippen LogP contribution in [0, 0.1) is 10.1 Å². The van der Waals surface area contributed by atoms with Gasteiger partial charge in [0.2, 0.25) is 0 Å². The van der Waals surface area contributed by atoms with Gasteiger partial charge in [0, 0.05) is 24.7 Å². The number of ether oxygens (including phenoxy) is 1. The van der Waals surface area contributed by atoms with Crippen LogP contribution in [0.25, 0.3) is 0 Å². The number of rotatable bonds is 7. The van der Waals surface area contributed by atoms with E-state index in [0.717, 1.165) is 5.75 Å². The molecular formula is C15H16N2O3. The summed E-state index contributed by atoms with van der Waals surface area (Å²) in [6.07, 6.45) is 0. The lowest BCUT2D eigenvalue weighted by atomic mass is 10.2. The third kappa shape index (κ3) is 4.07. The van der Waals surface area contributed by atoms with Gasteiger partial charge in [-0.3, -0.25) is 10.1 Å². The van der Waals surface area contributed by atoms with E-state index in [9.17, 15) is 10.1 Å². The van der Waals surface area contributed by atoms with Crippen LogP contribution >= 0.6 is 0 Å². The number of nitro benzene ring substituents is 1. The van der Waals surface area contributed by atoms with Crippen LogP contribution in [-0.2, 0) is 6.54 Å². The Balaban J connectivity index is 1.75. The van der Waals surface area contributed by atoms with Gasteiger partial charge >= 0.3 is 0 Å². The first-order valence-electron chi connectivity index (χ1n) is 6.38. The highest BCUT2D eigenvalue weighted by molar-refractivity contribution is 5.39. The summed E-state index contributed by atoms with van der Waals surface area (Å²) in [6, 6.07) is 16.3. The van der Waals surface area contributed by atoms with Crippen molar-refractivity contribution < 1.29 is 9.66 Å². The summed E-state index contributed by atoms with van der Waals surface area (Å²) in [5, 5.41) is 14.0. The van der Waals surface area contributed by atoms with Crippen LogP contribution in [-0.4, -0.2) is 18.1 Å². The van der Waals surface area contributed by atoms with Crippen LogP contribution in [0.1, 0.15) is 5.56 Å². The Morgan fingerprint density at radius 2 is 1.75 bits per heavy atom. The molecule has 20 heavy (non-hydrogen) atoms. The fourth-order valence-corrected chi connectivity index (χ4v) is 1.82. The monoisotopic (exact) mass is 272 g/mol. The summed E-state index contributed by atoms with van der Waals surface area (Å²) >= 11 is 0. The van der Waals surface area contributed by atoms with E-state index in [1.165, 1.54) is 6.07 Å². The zero-order valence-electron chi connectivity index (χ0n) is 11.0. The summed E-state index contributed by atoms with van der Waals surface area (Å²) in [5.41, 5.74) is 0.821. The van der Waals surface area contributed by atoms with Crippen molar-refractivity contribution in [2.24, 2.45) is 0 Å². The van der Waals surface area contributed by atoms with Crippen LogP contribution < -0.4 is 10.1 Å². The molecule has 0 amide bonds. The molecule has 0 saturated heterocycles. The summed E-state index contributed by atoms with van der Waals surface area (Å²) in [7, 11) is 0. The molecule has 0 aliphatic rings. The smallest absolute Gasteiger partial charge is 0.273 e. The molecular weight excluding hydrogens is 256 g/mol. The van der Waals surface area contributed by atoms with Crippen LogP contribution in [0.15, 0.2) is 54.6 Å². The first kappa shape index (κ1) is 14.0. The molecule has 2 aromatic rings. The van der Waals surface area contributed by atoms with Gasteiger partial charge in [-0.05, 0) is 12.1 Å². The van der Waals surface area contributed by atoms with E-state index < -0.39 is 0 Å². The normalized spacial score (nSPS) is 10.2. The SMILES string of the molecule is O=[N+]([O-])c1ccccc1CNCCOc1ccccc1. The highest BCUT2D eigenvalue weighted by Crippen LogP contribution is 2.16. The molecule has 1 N–H and O–H groups in total. The van der Waals surface area contributed by atoms with E-state index in [1.807, 2.05) is 30.3 Å². The van der Waals surface area contributed by atoms with Gasteiger partial charge in [0.25, 0.3) is 5.69 Å². The summed E-state index contributed by atoms with van der Waals surface area (Å²) in [4.78, 5) is 10.5. The number of nitrogens with one attached hydrogen (secondary N) is 1. The Labute approximate surface area is 117 Å². The van der Waals surface area contributed by atoms with Crippen molar-refractivity contribution in [1.82, 2.24) is 5.32 Å². The molecule has 5 heteroatoms. The van der Waals surface area contributed by atoms with Crippen molar-refractivity contribution in [3.63, 3.8) is 0 Å². The maximum atomic E-state index is 10.8. The van der Waals surface area contributed by atoms with Crippen LogP contribution in [0.5, 0.6) is 5.75 Å². The highest BCUT2D eigenvalue weighted by atomic mass is 16.6. The predicted octanol–water partition coefficient (Wildman–Crippen LogP) is 2.76. The summed E-state index contributed by atoms with van der Waals surface area (Å²) in [6.45, 7) is 1.60. The topological polar surface area (TPSA) is 64.4 Å². The average molecular weight is 272 g/mol. The third-order valence-electron chi connectivity index (χ3n) is 2.79. The first-order valence-corrected chi connectivity index (χ1v) is 6.38. The van der Waals surface area contributed by atoms with Crippen molar-refractivity contribution in [3.8, 4) is 5.75 Å². The molecule has 2 rings (SSSR count). The Bertz CT molecular complexity index is 558. The molecule has 0 atom stereocenters. The summed E-state index contributed by atoms with van der Waals surface area (Å²) in [5.74, 6) is 0.819. The van der Waals surface area contributed by atoms with Gasteiger partial charge in [-0.15, -0.1) is 0 Å².